The van der Waals surface area contributed by atoms with Crippen LogP contribution in [0.3, 0.4) is 0 Å². The van der Waals surface area contributed by atoms with Gasteiger partial charge in [-0.1, -0.05) is 66.0 Å². The number of benzene rings is 4. The van der Waals surface area contributed by atoms with Crippen molar-refractivity contribution in [2.45, 2.75) is 13.8 Å². The Morgan fingerprint density at radius 2 is 1.51 bits per heavy atom. The van der Waals surface area contributed by atoms with Crippen LogP contribution in [0.2, 0.25) is 0 Å². The SMILES string of the molecule is CC(=O)/C=C(/C)O.[Ir].[c-]1cc2c(cc1-c1nccc3ccccc13)c1ccccc1n2-c1ccccc1. The summed E-state index contributed by atoms with van der Waals surface area (Å²) < 4.78 is 2.31. The number of aliphatic hydroxyl groups is 1. The smallest absolute Gasteiger partial charge is 0.155 e. The zero-order chi connectivity index (χ0) is 25.1. The van der Waals surface area contributed by atoms with Crippen LogP contribution in [0, 0.1) is 6.07 Å². The molecule has 6 rings (SSSR count). The fraction of sp³-hybridized carbons (Fsp3) is 0.0625. The maximum absolute atomic E-state index is 10.0. The van der Waals surface area contributed by atoms with Crippen LogP contribution in [-0.4, -0.2) is 20.4 Å². The zero-order valence-electron chi connectivity index (χ0n) is 20.5. The fourth-order valence-electron chi connectivity index (χ4n) is 4.53. The number of fused-ring (bicyclic) bond motifs is 4. The van der Waals surface area contributed by atoms with Crippen LogP contribution in [0.5, 0.6) is 0 Å². The van der Waals surface area contributed by atoms with E-state index in [0.717, 1.165) is 27.8 Å². The molecule has 4 aromatic carbocycles. The van der Waals surface area contributed by atoms with Gasteiger partial charge in [-0.15, -0.1) is 23.8 Å². The van der Waals surface area contributed by atoms with Gasteiger partial charge in [-0.3, -0.25) is 4.79 Å². The van der Waals surface area contributed by atoms with E-state index in [2.05, 4.69) is 102 Å². The third-order valence-corrected chi connectivity index (χ3v) is 5.96. The number of para-hydroxylation sites is 2. The predicted octanol–water partition coefficient (Wildman–Crippen LogP) is 7.83. The van der Waals surface area contributed by atoms with Crippen molar-refractivity contribution in [3.63, 3.8) is 0 Å². The van der Waals surface area contributed by atoms with Gasteiger partial charge in [0.2, 0.25) is 0 Å². The van der Waals surface area contributed by atoms with E-state index in [-0.39, 0.29) is 31.6 Å². The van der Waals surface area contributed by atoms with E-state index in [1.807, 2.05) is 12.3 Å². The van der Waals surface area contributed by atoms with Gasteiger partial charge in [-0.25, -0.2) is 0 Å². The minimum Gasteiger partial charge on any atom is -0.512 e. The predicted molar refractivity (Wildman–Crippen MR) is 147 cm³/mol. The minimum absolute atomic E-state index is 0. The molecule has 0 aliphatic rings. The van der Waals surface area contributed by atoms with Gasteiger partial charge in [-0.2, -0.15) is 0 Å². The first kappa shape index (κ1) is 26.0. The molecule has 0 spiro atoms. The summed E-state index contributed by atoms with van der Waals surface area (Å²) >= 11 is 0. The van der Waals surface area contributed by atoms with Gasteiger partial charge in [0.1, 0.15) is 0 Å². The summed E-state index contributed by atoms with van der Waals surface area (Å²) in [5, 5.41) is 13.2. The van der Waals surface area contributed by atoms with Crippen molar-refractivity contribution in [2.24, 2.45) is 0 Å². The number of aliphatic hydroxyl groups excluding tert-OH is 1. The molecule has 0 bridgehead atoms. The van der Waals surface area contributed by atoms with E-state index < -0.39 is 0 Å². The Morgan fingerprint density at radius 1 is 0.838 bits per heavy atom. The standard InChI is InChI=1S/C27H17N2.C5H8O2.Ir/c1-2-9-21(10-3-1)29-25-13-7-6-12-23(25)24-18-20(14-15-26(24)29)27-22-11-5-4-8-19(22)16-17-28-27;1-4(6)3-5(2)7;/h1-13,15-18H;3,6H,1-2H3;/q-1;;/b;4-3-;. The van der Waals surface area contributed by atoms with E-state index >= 15 is 0 Å². The first-order valence-corrected chi connectivity index (χ1v) is 11.7. The van der Waals surface area contributed by atoms with Crippen LogP contribution in [0.4, 0.5) is 0 Å². The third kappa shape index (κ3) is 5.39. The van der Waals surface area contributed by atoms with Crippen molar-refractivity contribution < 1.29 is 30.0 Å². The molecular weight excluding hydrogens is 637 g/mol. The number of pyridine rings is 1. The van der Waals surface area contributed by atoms with Crippen molar-refractivity contribution >= 4 is 38.4 Å². The number of hydrogen-bond donors (Lipinski definition) is 1. The second-order valence-electron chi connectivity index (χ2n) is 8.61. The Bertz CT molecular complexity index is 1730. The summed E-state index contributed by atoms with van der Waals surface area (Å²) in [5.74, 6) is -0.0625. The molecule has 0 aliphatic carbocycles. The van der Waals surface area contributed by atoms with Crippen LogP contribution in [0.1, 0.15) is 13.8 Å². The molecule has 37 heavy (non-hydrogen) atoms. The Labute approximate surface area is 229 Å². The summed E-state index contributed by atoms with van der Waals surface area (Å²) in [6.45, 7) is 2.85. The molecule has 1 N–H and O–H groups in total. The number of rotatable bonds is 3. The molecule has 1 radical (unpaired) electrons. The van der Waals surface area contributed by atoms with Gasteiger partial charge < -0.3 is 14.7 Å². The van der Waals surface area contributed by atoms with Crippen LogP contribution in [0.25, 0.3) is 49.5 Å². The van der Waals surface area contributed by atoms with Gasteiger partial charge in [-0.05, 0) is 65.5 Å². The van der Waals surface area contributed by atoms with Crippen molar-refractivity contribution in [1.82, 2.24) is 9.55 Å². The van der Waals surface area contributed by atoms with Gasteiger partial charge >= 0.3 is 0 Å². The van der Waals surface area contributed by atoms with E-state index in [1.165, 1.54) is 41.6 Å². The summed E-state index contributed by atoms with van der Waals surface area (Å²) in [4.78, 5) is 14.7. The van der Waals surface area contributed by atoms with E-state index in [0.29, 0.717) is 0 Å². The second-order valence-corrected chi connectivity index (χ2v) is 8.61. The summed E-state index contributed by atoms with van der Waals surface area (Å²) in [6.07, 6.45) is 3.04. The fourth-order valence-corrected chi connectivity index (χ4v) is 4.53. The number of allylic oxidation sites excluding steroid dienone is 2. The van der Waals surface area contributed by atoms with Crippen LogP contribution >= 0.6 is 0 Å². The van der Waals surface area contributed by atoms with E-state index in [9.17, 15) is 4.79 Å². The van der Waals surface area contributed by atoms with Crippen molar-refractivity contribution in [1.29, 1.82) is 0 Å². The number of nitrogens with zero attached hydrogens (tertiary/aromatic N) is 2. The summed E-state index contributed by atoms with van der Waals surface area (Å²) in [7, 11) is 0. The number of carbonyl (C=O) groups is 1. The molecular formula is C32H25IrN2O2-. The maximum Gasteiger partial charge on any atom is 0.155 e. The number of aromatic nitrogens is 2. The topological polar surface area (TPSA) is 55.1 Å². The summed E-state index contributed by atoms with van der Waals surface area (Å²) in [5.41, 5.74) is 5.50. The van der Waals surface area contributed by atoms with E-state index in [1.54, 1.807) is 0 Å². The van der Waals surface area contributed by atoms with Gasteiger partial charge in [0.25, 0.3) is 0 Å². The zero-order valence-corrected chi connectivity index (χ0v) is 22.9. The molecule has 2 heterocycles. The average Bonchev–Trinajstić information content (AvgIpc) is 3.22. The Hall–Kier alpha value is -4.05. The first-order valence-electron chi connectivity index (χ1n) is 11.7. The Morgan fingerprint density at radius 3 is 2.22 bits per heavy atom. The number of carbonyl (C=O) groups excluding carboxylic acids is 1. The van der Waals surface area contributed by atoms with Gasteiger partial charge in [0.05, 0.1) is 5.76 Å². The van der Waals surface area contributed by atoms with Gasteiger partial charge in [0.15, 0.2) is 5.78 Å². The first-order chi connectivity index (χ1) is 17.5. The van der Waals surface area contributed by atoms with Crippen molar-refractivity contribution in [3.05, 3.63) is 121 Å². The molecule has 185 valence electrons. The van der Waals surface area contributed by atoms with Crippen LogP contribution in [-0.2, 0) is 24.9 Å². The normalized spacial score (nSPS) is 11.1. The van der Waals surface area contributed by atoms with Crippen LogP contribution in [0.15, 0.2) is 115 Å². The molecule has 0 saturated carbocycles. The molecule has 0 atom stereocenters. The quantitative estimate of drug-likeness (QED) is 0.120. The molecule has 2 aromatic heterocycles. The molecule has 0 fully saturated rings. The van der Waals surface area contributed by atoms with Gasteiger partial charge in [0, 0.05) is 43.6 Å². The third-order valence-electron chi connectivity index (χ3n) is 5.96. The van der Waals surface area contributed by atoms with Crippen molar-refractivity contribution in [3.8, 4) is 16.9 Å². The van der Waals surface area contributed by atoms with Crippen molar-refractivity contribution in [2.75, 3.05) is 0 Å². The average molecular weight is 662 g/mol. The minimum atomic E-state index is -0.125. The van der Waals surface area contributed by atoms with Crippen LogP contribution < -0.4 is 0 Å². The monoisotopic (exact) mass is 662 g/mol. The van der Waals surface area contributed by atoms with E-state index in [4.69, 9.17) is 10.1 Å². The summed E-state index contributed by atoms with van der Waals surface area (Å²) in [6, 6.07) is 37.3. The molecule has 0 aliphatic heterocycles. The number of ketones is 1. The number of hydrogen-bond acceptors (Lipinski definition) is 3. The largest absolute Gasteiger partial charge is 0.512 e. The molecule has 4 nitrogen and oxygen atoms in total. The molecule has 5 heteroatoms. The Balaban J connectivity index is 0.000000356. The molecule has 0 saturated heterocycles. The Kier molecular flexibility index (Phi) is 7.98. The molecule has 6 aromatic rings. The molecule has 0 unspecified atom stereocenters. The second kappa shape index (κ2) is 11.3. The molecule has 0 amide bonds. The maximum atomic E-state index is 10.0.